The van der Waals surface area contributed by atoms with E-state index in [-0.39, 0.29) is 5.75 Å². The lowest BCUT2D eigenvalue weighted by Gasteiger charge is -2.31. The highest BCUT2D eigenvalue weighted by Crippen LogP contribution is 2.27. The van der Waals surface area contributed by atoms with E-state index in [1.54, 1.807) is 26.0 Å². The minimum atomic E-state index is -2.85. The van der Waals surface area contributed by atoms with Crippen molar-refractivity contribution in [3.05, 3.63) is 28.8 Å². The molecule has 1 N–H and O–H groups in total. The molecule has 22 heavy (non-hydrogen) atoms. The molecule has 1 saturated heterocycles. The Hall–Kier alpha value is -1.73. The average Bonchev–Trinajstić information content (AvgIpc) is 2.43. The quantitative estimate of drug-likeness (QED) is 0.902. The van der Waals surface area contributed by atoms with Gasteiger partial charge < -0.3 is 14.6 Å². The van der Waals surface area contributed by atoms with Crippen LogP contribution < -0.4 is 4.74 Å². The summed E-state index contributed by atoms with van der Waals surface area (Å²) in [5.41, 5.74) is 2.21. The molecule has 1 aliphatic heterocycles. The second-order valence-electron chi connectivity index (χ2n) is 5.37. The van der Waals surface area contributed by atoms with Crippen molar-refractivity contribution < 1.29 is 28.2 Å². The van der Waals surface area contributed by atoms with Gasteiger partial charge in [-0.1, -0.05) is 12.1 Å². The van der Waals surface area contributed by atoms with Gasteiger partial charge in [-0.3, -0.25) is 4.90 Å². The van der Waals surface area contributed by atoms with E-state index in [9.17, 15) is 13.6 Å². The molecule has 1 unspecified atom stereocenters. The Bertz CT molecular complexity index is 527. The number of aryl methyl sites for hydroxylation is 2. The maximum absolute atomic E-state index is 12.4. The van der Waals surface area contributed by atoms with Crippen LogP contribution in [-0.4, -0.2) is 48.4 Å². The molecule has 7 heteroatoms. The number of aliphatic carboxylic acids is 1. The van der Waals surface area contributed by atoms with Crippen LogP contribution in [0.2, 0.25) is 0 Å². The number of ether oxygens (including phenoxy) is 2. The Labute approximate surface area is 127 Å². The molecule has 1 aliphatic rings. The molecular weight excluding hydrogens is 296 g/mol. The van der Waals surface area contributed by atoms with Gasteiger partial charge in [0.1, 0.15) is 5.75 Å². The van der Waals surface area contributed by atoms with E-state index in [0.717, 1.165) is 5.56 Å². The van der Waals surface area contributed by atoms with E-state index >= 15 is 0 Å². The second-order valence-corrected chi connectivity index (χ2v) is 5.37. The summed E-state index contributed by atoms with van der Waals surface area (Å²) < 4.78 is 34.4. The van der Waals surface area contributed by atoms with Crippen LogP contribution in [0.1, 0.15) is 16.7 Å². The van der Waals surface area contributed by atoms with E-state index in [1.165, 1.54) is 0 Å². The topological polar surface area (TPSA) is 59.0 Å². The highest BCUT2D eigenvalue weighted by atomic mass is 19.3. The van der Waals surface area contributed by atoms with Crippen molar-refractivity contribution >= 4 is 5.97 Å². The fraction of sp³-hybridized carbons (Fsp3) is 0.533. The molecule has 0 saturated carbocycles. The van der Waals surface area contributed by atoms with E-state index in [0.29, 0.717) is 37.4 Å². The number of morpholine rings is 1. The third-order valence-electron chi connectivity index (χ3n) is 3.56. The third-order valence-corrected chi connectivity index (χ3v) is 3.56. The van der Waals surface area contributed by atoms with Gasteiger partial charge in [0, 0.05) is 19.6 Å². The molecule has 1 atom stereocenters. The fourth-order valence-electron chi connectivity index (χ4n) is 2.66. The predicted octanol–water partition coefficient (Wildman–Crippen LogP) is 2.19. The van der Waals surface area contributed by atoms with Crippen LogP contribution in [0.3, 0.4) is 0 Å². The van der Waals surface area contributed by atoms with Gasteiger partial charge in [0.05, 0.1) is 6.61 Å². The van der Waals surface area contributed by atoms with Crippen LogP contribution in [-0.2, 0) is 16.1 Å². The standard InChI is InChI=1S/C15H19F2NO4/c1-9-5-11(6-10(2)13(9)22-15(16)17)7-18-3-4-21-12(8-18)14(19)20/h5-6,12,15H,3-4,7-8H2,1-2H3,(H,19,20). The van der Waals surface area contributed by atoms with Crippen molar-refractivity contribution in [2.24, 2.45) is 0 Å². The summed E-state index contributed by atoms with van der Waals surface area (Å²) in [6, 6.07) is 3.58. The van der Waals surface area contributed by atoms with Crippen molar-refractivity contribution in [2.45, 2.75) is 33.1 Å². The van der Waals surface area contributed by atoms with Gasteiger partial charge in [0.2, 0.25) is 0 Å². The molecule has 0 bridgehead atoms. The predicted molar refractivity (Wildman–Crippen MR) is 75.2 cm³/mol. The fourth-order valence-corrected chi connectivity index (χ4v) is 2.66. The highest BCUT2D eigenvalue weighted by molar-refractivity contribution is 5.72. The highest BCUT2D eigenvalue weighted by Gasteiger charge is 2.26. The first-order valence-corrected chi connectivity index (χ1v) is 6.98. The number of benzene rings is 1. The first-order valence-electron chi connectivity index (χ1n) is 6.98. The van der Waals surface area contributed by atoms with Crippen LogP contribution in [0.15, 0.2) is 12.1 Å². The lowest BCUT2D eigenvalue weighted by molar-refractivity contribution is -0.156. The Morgan fingerprint density at radius 1 is 1.45 bits per heavy atom. The summed E-state index contributed by atoms with van der Waals surface area (Å²) >= 11 is 0. The SMILES string of the molecule is Cc1cc(CN2CCOC(C(=O)O)C2)cc(C)c1OC(F)F. The van der Waals surface area contributed by atoms with Gasteiger partial charge in [-0.25, -0.2) is 4.79 Å². The van der Waals surface area contributed by atoms with Gasteiger partial charge in [-0.05, 0) is 30.5 Å². The van der Waals surface area contributed by atoms with Crippen LogP contribution in [0.4, 0.5) is 8.78 Å². The number of carboxylic acid groups (broad SMARTS) is 1. The van der Waals surface area contributed by atoms with E-state index in [2.05, 4.69) is 4.74 Å². The Balaban J connectivity index is 2.08. The first kappa shape index (κ1) is 16.6. The zero-order valence-corrected chi connectivity index (χ0v) is 12.5. The van der Waals surface area contributed by atoms with Crippen molar-refractivity contribution in [3.8, 4) is 5.75 Å². The number of hydrogen-bond donors (Lipinski definition) is 1. The average molecular weight is 315 g/mol. The lowest BCUT2D eigenvalue weighted by atomic mass is 10.0. The summed E-state index contributed by atoms with van der Waals surface area (Å²) in [6.07, 6.45) is -0.822. The molecule has 0 radical (unpaired) electrons. The van der Waals surface area contributed by atoms with Crippen molar-refractivity contribution in [3.63, 3.8) is 0 Å². The van der Waals surface area contributed by atoms with E-state index in [1.807, 2.05) is 4.90 Å². The second kappa shape index (κ2) is 7.02. The van der Waals surface area contributed by atoms with Crippen molar-refractivity contribution in [2.75, 3.05) is 19.7 Å². The van der Waals surface area contributed by atoms with Gasteiger partial charge in [0.15, 0.2) is 6.10 Å². The van der Waals surface area contributed by atoms with Gasteiger partial charge in [0.25, 0.3) is 0 Å². The van der Waals surface area contributed by atoms with E-state index in [4.69, 9.17) is 9.84 Å². The van der Waals surface area contributed by atoms with Crippen LogP contribution in [0.25, 0.3) is 0 Å². The van der Waals surface area contributed by atoms with Gasteiger partial charge in [-0.2, -0.15) is 8.78 Å². The maximum atomic E-state index is 12.4. The monoisotopic (exact) mass is 315 g/mol. The summed E-state index contributed by atoms with van der Waals surface area (Å²) in [6.45, 7) is 2.44. The molecule has 1 aromatic rings. The molecule has 5 nitrogen and oxygen atoms in total. The van der Waals surface area contributed by atoms with E-state index < -0.39 is 18.7 Å². The van der Waals surface area contributed by atoms with Crippen LogP contribution in [0, 0.1) is 13.8 Å². The summed E-state index contributed by atoms with van der Waals surface area (Å²) in [7, 11) is 0. The van der Waals surface area contributed by atoms with Crippen molar-refractivity contribution in [1.82, 2.24) is 4.90 Å². The molecule has 1 aromatic carbocycles. The zero-order chi connectivity index (χ0) is 16.3. The normalized spacial score (nSPS) is 19.4. The number of carboxylic acids is 1. The minimum absolute atomic E-state index is 0.198. The number of rotatable bonds is 5. The molecule has 0 amide bonds. The first-order chi connectivity index (χ1) is 10.4. The number of hydrogen-bond acceptors (Lipinski definition) is 4. The van der Waals surface area contributed by atoms with Gasteiger partial charge >= 0.3 is 12.6 Å². The summed E-state index contributed by atoms with van der Waals surface area (Å²) in [5.74, 6) is -0.776. The minimum Gasteiger partial charge on any atom is -0.479 e. The number of halogens is 2. The van der Waals surface area contributed by atoms with Gasteiger partial charge in [-0.15, -0.1) is 0 Å². The Morgan fingerprint density at radius 3 is 2.64 bits per heavy atom. The Morgan fingerprint density at radius 2 is 2.09 bits per heavy atom. The molecule has 0 aromatic heterocycles. The molecule has 1 fully saturated rings. The van der Waals surface area contributed by atoms with Crippen LogP contribution in [0.5, 0.6) is 5.75 Å². The molecule has 1 heterocycles. The summed E-state index contributed by atoms with van der Waals surface area (Å²) in [5, 5.41) is 8.99. The number of carbonyl (C=O) groups is 1. The number of alkyl halides is 2. The van der Waals surface area contributed by atoms with Crippen LogP contribution >= 0.6 is 0 Å². The lowest BCUT2D eigenvalue weighted by Crippen LogP contribution is -2.45. The smallest absolute Gasteiger partial charge is 0.387 e. The molecular formula is C15H19F2NO4. The van der Waals surface area contributed by atoms with Crippen molar-refractivity contribution in [1.29, 1.82) is 0 Å². The zero-order valence-electron chi connectivity index (χ0n) is 12.5. The summed E-state index contributed by atoms with van der Waals surface area (Å²) in [4.78, 5) is 12.9. The molecule has 122 valence electrons. The third kappa shape index (κ3) is 4.14. The maximum Gasteiger partial charge on any atom is 0.387 e. The molecule has 0 spiro atoms. The largest absolute Gasteiger partial charge is 0.479 e. The molecule has 0 aliphatic carbocycles. The molecule has 2 rings (SSSR count). The Kier molecular flexibility index (Phi) is 5.31. The number of nitrogens with zero attached hydrogens (tertiary/aromatic N) is 1.